The minimum absolute atomic E-state index is 0.00121. The molecule has 0 bridgehead atoms. The number of alkyl halides is 6. The van der Waals surface area contributed by atoms with Gasteiger partial charge in [-0.2, -0.15) is 26.3 Å². The van der Waals surface area contributed by atoms with E-state index in [0.29, 0.717) is 31.8 Å². The molecule has 1 aliphatic heterocycles. The van der Waals surface area contributed by atoms with Crippen LogP contribution in [0.15, 0.2) is 42.5 Å². The van der Waals surface area contributed by atoms with E-state index < -0.39 is 41.7 Å². The monoisotopic (exact) mass is 492 g/mol. The summed E-state index contributed by atoms with van der Waals surface area (Å²) in [6, 6.07) is 6.57. The van der Waals surface area contributed by atoms with E-state index in [9.17, 15) is 35.5 Å². The first-order valence-electron chi connectivity index (χ1n) is 10.4. The first-order chi connectivity index (χ1) is 15.7. The Hall–Kier alpha value is -2.82. The molecule has 2 aromatic rings. The topological polar surface area (TPSA) is 32.8 Å². The molecule has 3 rings (SSSR count). The molecule has 1 heterocycles. The van der Waals surface area contributed by atoms with Gasteiger partial charge < -0.3 is 9.64 Å². The fourth-order valence-corrected chi connectivity index (χ4v) is 3.83. The second-order valence-electron chi connectivity index (χ2n) is 8.33. The molecular formula is C23H23F7N2O2. The number of halogens is 7. The number of nitrogens with zero attached hydrogens (tertiary/aromatic N) is 2. The SMILES string of the molecule is CC1CN(C(=O)COc2cc(C(F)(F)F)cc(C(F)(F)F)c2)C(C)CN1Cc1ccc(F)cc1. The summed E-state index contributed by atoms with van der Waals surface area (Å²) < 4.78 is 96.3. The summed E-state index contributed by atoms with van der Waals surface area (Å²) in [4.78, 5) is 16.3. The quantitative estimate of drug-likeness (QED) is 0.527. The largest absolute Gasteiger partial charge is 0.484 e. The van der Waals surface area contributed by atoms with E-state index in [0.717, 1.165) is 5.56 Å². The van der Waals surface area contributed by atoms with Gasteiger partial charge in [0.25, 0.3) is 5.91 Å². The van der Waals surface area contributed by atoms with Gasteiger partial charge >= 0.3 is 12.4 Å². The standard InChI is InChI=1S/C23H23F7N2O2/c1-14-11-32(15(2)10-31(14)12-16-3-5-19(24)6-4-16)21(33)13-34-20-8-17(22(25,26)27)7-18(9-20)23(28,29)30/h3-9,14-15H,10-13H2,1-2H3. The number of rotatable bonds is 5. The molecule has 0 aliphatic carbocycles. The summed E-state index contributed by atoms with van der Waals surface area (Å²) in [7, 11) is 0. The maximum Gasteiger partial charge on any atom is 0.416 e. The van der Waals surface area contributed by atoms with Gasteiger partial charge in [-0.25, -0.2) is 4.39 Å². The highest BCUT2D eigenvalue weighted by Crippen LogP contribution is 2.38. The molecule has 0 saturated carbocycles. The summed E-state index contributed by atoms with van der Waals surface area (Å²) in [6.07, 6.45) is -10.0. The summed E-state index contributed by atoms with van der Waals surface area (Å²) in [5, 5.41) is 0. The molecule has 1 saturated heterocycles. The smallest absolute Gasteiger partial charge is 0.416 e. The predicted octanol–water partition coefficient (Wildman–Crippen LogP) is 5.36. The molecule has 186 valence electrons. The van der Waals surface area contributed by atoms with Crippen molar-refractivity contribution in [2.75, 3.05) is 19.7 Å². The van der Waals surface area contributed by atoms with Crippen molar-refractivity contribution in [1.82, 2.24) is 9.80 Å². The molecule has 34 heavy (non-hydrogen) atoms. The zero-order valence-corrected chi connectivity index (χ0v) is 18.4. The van der Waals surface area contributed by atoms with Gasteiger partial charge in [0.1, 0.15) is 11.6 Å². The summed E-state index contributed by atoms with van der Waals surface area (Å²) in [5.74, 6) is -1.58. The van der Waals surface area contributed by atoms with Crippen molar-refractivity contribution in [3.8, 4) is 5.75 Å². The van der Waals surface area contributed by atoms with E-state index in [1.165, 1.54) is 17.0 Å². The van der Waals surface area contributed by atoms with Gasteiger partial charge in [0.05, 0.1) is 11.1 Å². The summed E-state index contributed by atoms with van der Waals surface area (Å²) in [5.41, 5.74) is -2.13. The Balaban J connectivity index is 1.65. The van der Waals surface area contributed by atoms with Gasteiger partial charge in [-0.05, 0) is 49.7 Å². The number of hydrogen-bond acceptors (Lipinski definition) is 3. The number of amides is 1. The van der Waals surface area contributed by atoms with Crippen molar-refractivity contribution < 1.29 is 40.3 Å². The fraction of sp³-hybridized carbons (Fsp3) is 0.435. The molecule has 4 nitrogen and oxygen atoms in total. The van der Waals surface area contributed by atoms with E-state index in [-0.39, 0.29) is 24.0 Å². The van der Waals surface area contributed by atoms with Crippen LogP contribution in [-0.2, 0) is 23.7 Å². The molecule has 1 fully saturated rings. The number of ether oxygens (including phenoxy) is 1. The molecule has 2 atom stereocenters. The molecule has 0 N–H and O–H groups in total. The average Bonchev–Trinajstić information content (AvgIpc) is 2.74. The van der Waals surface area contributed by atoms with Crippen molar-refractivity contribution in [2.45, 2.75) is 44.8 Å². The Labute approximate surface area is 191 Å². The normalized spacial score (nSPS) is 19.9. The summed E-state index contributed by atoms with van der Waals surface area (Å²) >= 11 is 0. The molecule has 2 unspecified atom stereocenters. The minimum Gasteiger partial charge on any atom is -0.484 e. The highest BCUT2D eigenvalue weighted by Gasteiger charge is 2.37. The van der Waals surface area contributed by atoms with Crippen LogP contribution in [0.25, 0.3) is 0 Å². The molecule has 11 heteroatoms. The predicted molar refractivity (Wildman–Crippen MR) is 109 cm³/mol. The van der Waals surface area contributed by atoms with Crippen molar-refractivity contribution in [1.29, 1.82) is 0 Å². The molecule has 1 aliphatic rings. The molecule has 0 aromatic heterocycles. The van der Waals surface area contributed by atoms with Crippen molar-refractivity contribution >= 4 is 5.91 Å². The zero-order valence-electron chi connectivity index (χ0n) is 18.4. The average molecular weight is 492 g/mol. The lowest BCUT2D eigenvalue weighted by atomic mass is 10.1. The lowest BCUT2D eigenvalue weighted by Gasteiger charge is -2.44. The minimum atomic E-state index is -5.01. The second-order valence-corrected chi connectivity index (χ2v) is 8.33. The molecular weight excluding hydrogens is 469 g/mol. The van der Waals surface area contributed by atoms with Gasteiger partial charge in [-0.15, -0.1) is 0 Å². The Morgan fingerprint density at radius 2 is 1.47 bits per heavy atom. The number of hydrogen-bond donors (Lipinski definition) is 0. The third-order valence-corrected chi connectivity index (χ3v) is 5.66. The number of carbonyl (C=O) groups excluding carboxylic acids is 1. The first kappa shape index (κ1) is 25.8. The van der Waals surface area contributed by atoms with E-state index in [4.69, 9.17) is 4.74 Å². The lowest BCUT2D eigenvalue weighted by Crippen LogP contribution is -2.58. The molecule has 0 spiro atoms. The van der Waals surface area contributed by atoms with Crippen LogP contribution >= 0.6 is 0 Å². The molecule has 1 amide bonds. The fourth-order valence-electron chi connectivity index (χ4n) is 3.83. The van der Waals surface area contributed by atoms with Gasteiger partial charge in [0, 0.05) is 31.7 Å². The summed E-state index contributed by atoms with van der Waals surface area (Å²) in [6.45, 7) is 4.28. The van der Waals surface area contributed by atoms with Crippen LogP contribution in [0.5, 0.6) is 5.75 Å². The second kappa shape index (κ2) is 9.81. The van der Waals surface area contributed by atoms with E-state index in [1.54, 1.807) is 19.1 Å². The van der Waals surface area contributed by atoms with Crippen molar-refractivity contribution in [2.24, 2.45) is 0 Å². The van der Waals surface area contributed by atoms with Gasteiger partial charge in [0.2, 0.25) is 0 Å². The number of carbonyl (C=O) groups is 1. The van der Waals surface area contributed by atoms with E-state index >= 15 is 0 Å². The third kappa shape index (κ3) is 6.40. The van der Waals surface area contributed by atoms with Crippen molar-refractivity contribution in [3.63, 3.8) is 0 Å². The Bertz CT molecular complexity index is 974. The maximum atomic E-state index is 13.1. The van der Waals surface area contributed by atoms with Crippen LogP contribution in [0.2, 0.25) is 0 Å². The van der Waals surface area contributed by atoms with Crippen molar-refractivity contribution in [3.05, 3.63) is 65.0 Å². The van der Waals surface area contributed by atoms with Crippen LogP contribution in [-0.4, -0.2) is 47.5 Å². The van der Waals surface area contributed by atoms with Crippen LogP contribution in [0.3, 0.4) is 0 Å². The van der Waals surface area contributed by atoms with E-state index in [2.05, 4.69) is 4.90 Å². The van der Waals surface area contributed by atoms with Crippen LogP contribution in [0, 0.1) is 5.82 Å². The van der Waals surface area contributed by atoms with Crippen LogP contribution in [0.1, 0.15) is 30.5 Å². The molecule has 2 aromatic carbocycles. The van der Waals surface area contributed by atoms with Crippen LogP contribution < -0.4 is 4.74 Å². The number of piperazine rings is 1. The Morgan fingerprint density at radius 3 is 2.00 bits per heavy atom. The first-order valence-corrected chi connectivity index (χ1v) is 10.4. The highest BCUT2D eigenvalue weighted by atomic mass is 19.4. The maximum absolute atomic E-state index is 13.1. The zero-order chi connectivity index (χ0) is 25.3. The molecule has 0 radical (unpaired) electrons. The van der Waals surface area contributed by atoms with Gasteiger partial charge in [0.15, 0.2) is 6.61 Å². The Morgan fingerprint density at radius 1 is 0.912 bits per heavy atom. The lowest BCUT2D eigenvalue weighted by molar-refractivity contribution is -0.143. The van der Waals surface area contributed by atoms with E-state index in [1.807, 2.05) is 6.92 Å². The third-order valence-electron chi connectivity index (χ3n) is 5.66. The highest BCUT2D eigenvalue weighted by molar-refractivity contribution is 5.78. The number of benzene rings is 2. The Kier molecular flexibility index (Phi) is 7.44. The van der Waals surface area contributed by atoms with Gasteiger partial charge in [-0.1, -0.05) is 12.1 Å². The van der Waals surface area contributed by atoms with Crippen LogP contribution in [0.4, 0.5) is 30.7 Å². The van der Waals surface area contributed by atoms with Gasteiger partial charge in [-0.3, -0.25) is 9.69 Å².